The Labute approximate surface area is 196 Å². The number of likely N-dealkylation sites (tertiary alicyclic amines) is 1. The molecule has 172 valence electrons. The molecular weight excluding hydrogens is 412 g/mol. The first-order valence-corrected chi connectivity index (χ1v) is 12.0. The van der Waals surface area contributed by atoms with Crippen LogP contribution >= 0.6 is 0 Å². The van der Waals surface area contributed by atoms with E-state index in [1.165, 1.54) is 16.7 Å². The Balaban J connectivity index is 1.19. The minimum absolute atomic E-state index is 0.284. The van der Waals surface area contributed by atoms with Crippen LogP contribution in [0.25, 0.3) is 0 Å². The van der Waals surface area contributed by atoms with Gasteiger partial charge in [0.1, 0.15) is 5.75 Å². The number of benzene rings is 1. The number of carbonyl (C=O) groups excluding carboxylic acids is 1. The largest absolute Gasteiger partial charge is 0.496 e. The molecule has 0 N–H and O–H groups in total. The molecular formula is C27H32N4O2. The molecule has 1 aromatic carbocycles. The van der Waals surface area contributed by atoms with Crippen molar-refractivity contribution in [1.82, 2.24) is 14.8 Å². The maximum absolute atomic E-state index is 13.3. The van der Waals surface area contributed by atoms with Gasteiger partial charge in [-0.15, -0.1) is 0 Å². The van der Waals surface area contributed by atoms with Gasteiger partial charge in [-0.1, -0.05) is 18.2 Å². The van der Waals surface area contributed by atoms with Crippen molar-refractivity contribution in [3.63, 3.8) is 0 Å². The zero-order chi connectivity index (χ0) is 22.6. The Morgan fingerprint density at radius 2 is 2.00 bits per heavy atom. The van der Waals surface area contributed by atoms with E-state index in [-0.39, 0.29) is 5.91 Å². The summed E-state index contributed by atoms with van der Waals surface area (Å²) in [5.41, 5.74) is 6.01. The van der Waals surface area contributed by atoms with Gasteiger partial charge < -0.3 is 9.64 Å². The molecule has 6 heteroatoms. The lowest BCUT2D eigenvalue weighted by Crippen LogP contribution is -2.41. The van der Waals surface area contributed by atoms with Crippen molar-refractivity contribution in [3.05, 3.63) is 71.1 Å². The van der Waals surface area contributed by atoms with Crippen LogP contribution in [0.4, 0.5) is 0 Å². The molecule has 3 aliphatic heterocycles. The van der Waals surface area contributed by atoms with Gasteiger partial charge >= 0.3 is 0 Å². The highest BCUT2D eigenvalue weighted by Gasteiger charge is 2.31. The van der Waals surface area contributed by atoms with Crippen molar-refractivity contribution in [2.24, 2.45) is 10.9 Å². The fourth-order valence-corrected chi connectivity index (χ4v) is 5.39. The van der Waals surface area contributed by atoms with Gasteiger partial charge in [-0.3, -0.25) is 19.7 Å². The van der Waals surface area contributed by atoms with E-state index in [0.717, 1.165) is 69.0 Å². The Morgan fingerprint density at radius 3 is 2.85 bits per heavy atom. The van der Waals surface area contributed by atoms with Crippen LogP contribution in [0.3, 0.4) is 0 Å². The quantitative estimate of drug-likeness (QED) is 0.681. The van der Waals surface area contributed by atoms with Gasteiger partial charge in [0.15, 0.2) is 0 Å². The van der Waals surface area contributed by atoms with Crippen molar-refractivity contribution in [3.8, 4) is 5.75 Å². The van der Waals surface area contributed by atoms with Gasteiger partial charge in [-0.05, 0) is 61.1 Å². The molecule has 0 radical (unpaired) electrons. The van der Waals surface area contributed by atoms with Crippen molar-refractivity contribution in [1.29, 1.82) is 0 Å². The van der Waals surface area contributed by atoms with Crippen LogP contribution in [0.1, 0.15) is 36.8 Å². The number of aromatic nitrogens is 1. The SMILES string of the molecule is COc1ccccc1CN1CCC[C@@H](CC(=O)N2CCC3=C(C2)C(c2ccncc2)=NC3)C1. The Bertz CT molecular complexity index is 1060. The van der Waals surface area contributed by atoms with Gasteiger partial charge in [0.2, 0.25) is 5.91 Å². The molecule has 1 saturated heterocycles. The number of methoxy groups -OCH3 is 1. The summed E-state index contributed by atoms with van der Waals surface area (Å²) in [5.74, 6) is 1.64. The summed E-state index contributed by atoms with van der Waals surface area (Å²) < 4.78 is 5.53. The lowest BCUT2D eigenvalue weighted by molar-refractivity contribution is -0.132. The maximum atomic E-state index is 13.3. The number of piperidine rings is 1. The third-order valence-electron chi connectivity index (χ3n) is 7.13. The van der Waals surface area contributed by atoms with Crippen molar-refractivity contribution >= 4 is 11.6 Å². The predicted octanol–water partition coefficient (Wildman–Crippen LogP) is 3.72. The fourth-order valence-electron chi connectivity index (χ4n) is 5.39. The van der Waals surface area contributed by atoms with E-state index >= 15 is 0 Å². The number of hydrogen-bond acceptors (Lipinski definition) is 5. The molecule has 0 spiro atoms. The highest BCUT2D eigenvalue weighted by molar-refractivity contribution is 6.15. The lowest BCUT2D eigenvalue weighted by atomic mass is 9.92. The Kier molecular flexibility index (Phi) is 6.53. The third-order valence-corrected chi connectivity index (χ3v) is 7.13. The minimum Gasteiger partial charge on any atom is -0.496 e. The number of rotatable bonds is 6. The number of aliphatic imine (C=N–C) groups is 1. The predicted molar refractivity (Wildman–Crippen MR) is 129 cm³/mol. The first-order chi connectivity index (χ1) is 16.2. The van der Waals surface area contributed by atoms with Gasteiger partial charge in [0, 0.05) is 56.1 Å². The average molecular weight is 445 g/mol. The summed E-state index contributed by atoms with van der Waals surface area (Å²) in [6.45, 7) is 5.20. The minimum atomic E-state index is 0.284. The van der Waals surface area contributed by atoms with Crippen LogP contribution in [0, 0.1) is 5.92 Å². The second-order valence-electron chi connectivity index (χ2n) is 9.31. The van der Waals surface area contributed by atoms with Crippen LogP contribution < -0.4 is 4.74 Å². The van der Waals surface area contributed by atoms with Crippen LogP contribution in [0.2, 0.25) is 0 Å². The number of pyridine rings is 1. The molecule has 0 unspecified atom stereocenters. The van der Waals surface area contributed by atoms with Crippen LogP contribution in [-0.4, -0.2) is 66.2 Å². The van der Waals surface area contributed by atoms with Crippen molar-refractivity contribution < 1.29 is 9.53 Å². The molecule has 6 nitrogen and oxygen atoms in total. The molecule has 2 aromatic rings. The molecule has 1 atom stereocenters. The normalized spacial score (nSPS) is 21.1. The van der Waals surface area contributed by atoms with E-state index in [9.17, 15) is 4.79 Å². The fraction of sp³-hybridized carbons (Fsp3) is 0.444. The van der Waals surface area contributed by atoms with E-state index in [4.69, 9.17) is 9.73 Å². The smallest absolute Gasteiger partial charge is 0.223 e. The summed E-state index contributed by atoms with van der Waals surface area (Å²) >= 11 is 0. The summed E-state index contributed by atoms with van der Waals surface area (Å²) in [6.07, 6.45) is 7.45. The number of carbonyl (C=O) groups is 1. The van der Waals surface area contributed by atoms with E-state index in [1.807, 2.05) is 36.7 Å². The average Bonchev–Trinajstić information content (AvgIpc) is 3.28. The van der Waals surface area contributed by atoms with Gasteiger partial charge in [0.25, 0.3) is 0 Å². The lowest BCUT2D eigenvalue weighted by Gasteiger charge is -2.35. The summed E-state index contributed by atoms with van der Waals surface area (Å²) in [4.78, 5) is 26.7. The highest BCUT2D eigenvalue weighted by Crippen LogP contribution is 2.29. The van der Waals surface area contributed by atoms with Gasteiger partial charge in [-0.2, -0.15) is 0 Å². The first-order valence-electron chi connectivity index (χ1n) is 12.0. The molecule has 1 amide bonds. The molecule has 1 aromatic heterocycles. The molecule has 0 bridgehead atoms. The van der Waals surface area contributed by atoms with Crippen LogP contribution in [0.15, 0.2) is 64.9 Å². The second-order valence-corrected chi connectivity index (χ2v) is 9.31. The first kappa shape index (κ1) is 21.8. The van der Waals surface area contributed by atoms with Crippen molar-refractivity contribution in [2.45, 2.75) is 32.2 Å². The summed E-state index contributed by atoms with van der Waals surface area (Å²) in [6, 6.07) is 12.2. The summed E-state index contributed by atoms with van der Waals surface area (Å²) in [7, 11) is 1.73. The summed E-state index contributed by atoms with van der Waals surface area (Å²) in [5, 5.41) is 0. The number of ether oxygens (including phenoxy) is 1. The molecule has 3 aliphatic rings. The van der Waals surface area contributed by atoms with E-state index in [1.54, 1.807) is 7.11 Å². The highest BCUT2D eigenvalue weighted by atomic mass is 16.5. The molecule has 0 saturated carbocycles. The van der Waals surface area contributed by atoms with E-state index in [2.05, 4.69) is 26.9 Å². The molecule has 5 rings (SSSR count). The molecule has 1 fully saturated rings. The zero-order valence-corrected chi connectivity index (χ0v) is 19.4. The Hall–Kier alpha value is -2.99. The Morgan fingerprint density at radius 1 is 1.15 bits per heavy atom. The number of amides is 1. The monoisotopic (exact) mass is 444 g/mol. The molecule has 33 heavy (non-hydrogen) atoms. The number of nitrogens with zero attached hydrogens (tertiary/aromatic N) is 4. The number of para-hydroxylation sites is 1. The van der Waals surface area contributed by atoms with Crippen LogP contribution in [-0.2, 0) is 11.3 Å². The van der Waals surface area contributed by atoms with Gasteiger partial charge in [0.05, 0.1) is 19.4 Å². The van der Waals surface area contributed by atoms with E-state index < -0.39 is 0 Å². The molecule has 4 heterocycles. The zero-order valence-electron chi connectivity index (χ0n) is 19.4. The topological polar surface area (TPSA) is 58.0 Å². The third kappa shape index (κ3) is 4.86. The van der Waals surface area contributed by atoms with Crippen LogP contribution in [0.5, 0.6) is 5.75 Å². The second kappa shape index (κ2) is 9.87. The van der Waals surface area contributed by atoms with Crippen molar-refractivity contribution in [2.75, 3.05) is 39.8 Å². The standard InChI is InChI=1S/C27H32N4O2/c1-33-25-7-3-2-6-23(25)18-30-13-4-5-20(17-30)15-26(32)31-14-10-22-16-29-27(24(22)19-31)21-8-11-28-12-9-21/h2-3,6-9,11-12,20H,4-5,10,13-19H2,1H3/t20-/m0/s1. The van der Waals surface area contributed by atoms with Gasteiger partial charge in [-0.25, -0.2) is 0 Å². The molecule has 0 aliphatic carbocycles. The van der Waals surface area contributed by atoms with E-state index in [0.29, 0.717) is 18.9 Å². The number of hydrogen-bond donors (Lipinski definition) is 0. The maximum Gasteiger partial charge on any atom is 0.223 e.